The van der Waals surface area contributed by atoms with Gasteiger partial charge in [-0.2, -0.15) is 4.98 Å². The van der Waals surface area contributed by atoms with Crippen LogP contribution in [0.15, 0.2) is 22.9 Å². The van der Waals surface area contributed by atoms with E-state index in [1.807, 2.05) is 19.1 Å². The van der Waals surface area contributed by atoms with Crippen molar-refractivity contribution in [1.82, 2.24) is 20.0 Å². The van der Waals surface area contributed by atoms with Gasteiger partial charge in [0.2, 0.25) is 18.1 Å². The summed E-state index contributed by atoms with van der Waals surface area (Å²) in [4.78, 5) is 32.4. The summed E-state index contributed by atoms with van der Waals surface area (Å²) in [5, 5.41) is 4.40. The SMILES string of the molecule is CCCCSC(=O)CC(CCCC1CCCCC1)c1nc(-c2cc(C)ccn2)no1.CN(C)C=O. The highest BCUT2D eigenvalue weighted by Gasteiger charge is 2.24. The van der Waals surface area contributed by atoms with Gasteiger partial charge in [0.05, 0.1) is 0 Å². The molecule has 0 bridgehead atoms. The van der Waals surface area contributed by atoms with E-state index in [-0.39, 0.29) is 11.0 Å². The maximum absolute atomic E-state index is 12.5. The molecule has 194 valence electrons. The third-order valence-corrected chi connectivity index (χ3v) is 7.19. The fourth-order valence-electron chi connectivity index (χ4n) is 4.20. The molecule has 7 nitrogen and oxygen atoms in total. The summed E-state index contributed by atoms with van der Waals surface area (Å²) in [5.74, 6) is 2.84. The van der Waals surface area contributed by atoms with Crippen LogP contribution >= 0.6 is 11.8 Å². The van der Waals surface area contributed by atoms with Crippen LogP contribution in [0, 0.1) is 12.8 Å². The zero-order valence-corrected chi connectivity index (χ0v) is 22.7. The summed E-state index contributed by atoms with van der Waals surface area (Å²) < 4.78 is 5.63. The molecule has 2 aromatic heterocycles. The molecule has 0 aromatic carbocycles. The van der Waals surface area contributed by atoms with Gasteiger partial charge in [-0.15, -0.1) is 0 Å². The Bertz CT molecular complexity index is 881. The van der Waals surface area contributed by atoms with E-state index >= 15 is 0 Å². The third-order valence-electron chi connectivity index (χ3n) is 6.21. The van der Waals surface area contributed by atoms with Crippen LogP contribution in [0.1, 0.15) is 94.9 Å². The fraction of sp³-hybridized carbons (Fsp3) is 0.667. The van der Waals surface area contributed by atoms with Crippen molar-refractivity contribution in [2.75, 3.05) is 19.8 Å². The van der Waals surface area contributed by atoms with Crippen molar-refractivity contribution in [2.24, 2.45) is 5.92 Å². The van der Waals surface area contributed by atoms with E-state index in [9.17, 15) is 9.59 Å². The number of pyridine rings is 1. The Hall–Kier alpha value is -2.22. The number of carbonyl (C=O) groups excluding carboxylic acids is 2. The number of hydrogen-bond acceptors (Lipinski definition) is 7. The number of nitrogens with zero attached hydrogens (tertiary/aromatic N) is 4. The summed E-state index contributed by atoms with van der Waals surface area (Å²) >= 11 is 1.45. The monoisotopic (exact) mass is 502 g/mol. The first-order valence-corrected chi connectivity index (χ1v) is 14.0. The number of unbranched alkanes of at least 4 members (excludes halogenated alkanes) is 1. The Morgan fingerprint density at radius 3 is 2.66 bits per heavy atom. The zero-order chi connectivity index (χ0) is 25.5. The van der Waals surface area contributed by atoms with Crippen molar-refractivity contribution in [1.29, 1.82) is 0 Å². The van der Waals surface area contributed by atoms with E-state index in [1.54, 1.807) is 20.3 Å². The Morgan fingerprint density at radius 1 is 1.26 bits per heavy atom. The average molecular weight is 503 g/mol. The first-order chi connectivity index (χ1) is 16.9. The molecule has 8 heteroatoms. The van der Waals surface area contributed by atoms with Crippen molar-refractivity contribution >= 4 is 23.3 Å². The standard InChI is InChI=1S/C24H35N3O2S.C3H7NO/c1-3-4-15-30-22(28)17-20(12-8-11-19-9-6-5-7-10-19)24-26-23(27-29-24)21-16-18(2)13-14-25-21;1-4(2)3-5/h13-14,16,19-20H,3-12,15,17H2,1-2H3;3H,1-2H3. The Balaban J connectivity index is 0.000000784. The molecule has 1 aliphatic carbocycles. The summed E-state index contributed by atoms with van der Waals surface area (Å²) in [6, 6.07) is 3.91. The number of hydrogen-bond donors (Lipinski definition) is 0. The molecule has 1 aliphatic rings. The van der Waals surface area contributed by atoms with E-state index in [0.717, 1.165) is 55.0 Å². The molecular weight excluding hydrogens is 460 g/mol. The summed E-state index contributed by atoms with van der Waals surface area (Å²) in [6.45, 7) is 4.17. The maximum Gasteiger partial charge on any atom is 0.230 e. The minimum Gasteiger partial charge on any atom is -0.351 e. The van der Waals surface area contributed by atoms with Gasteiger partial charge in [-0.3, -0.25) is 14.6 Å². The number of thioether (sulfide) groups is 1. The highest BCUT2D eigenvalue weighted by Crippen LogP contribution is 2.32. The van der Waals surface area contributed by atoms with Crippen LogP contribution in [-0.2, 0) is 9.59 Å². The molecule has 0 spiro atoms. The van der Waals surface area contributed by atoms with Gasteiger partial charge in [-0.05, 0) is 43.4 Å². The molecule has 2 aromatic rings. The normalized spacial score (nSPS) is 14.6. The van der Waals surface area contributed by atoms with Crippen LogP contribution in [-0.4, -0.2) is 51.4 Å². The lowest BCUT2D eigenvalue weighted by molar-refractivity contribution is -0.116. The van der Waals surface area contributed by atoms with Gasteiger partial charge < -0.3 is 9.42 Å². The van der Waals surface area contributed by atoms with Gasteiger partial charge in [0, 0.05) is 38.4 Å². The van der Waals surface area contributed by atoms with Crippen LogP contribution in [0.2, 0.25) is 0 Å². The van der Waals surface area contributed by atoms with Crippen molar-refractivity contribution < 1.29 is 14.1 Å². The molecule has 35 heavy (non-hydrogen) atoms. The number of aromatic nitrogens is 3. The molecule has 1 amide bonds. The van der Waals surface area contributed by atoms with E-state index < -0.39 is 0 Å². The summed E-state index contributed by atoms with van der Waals surface area (Å²) in [7, 11) is 3.38. The number of rotatable bonds is 12. The smallest absolute Gasteiger partial charge is 0.230 e. The largest absolute Gasteiger partial charge is 0.351 e. The van der Waals surface area contributed by atoms with Crippen LogP contribution in [0.4, 0.5) is 0 Å². The molecule has 1 unspecified atom stereocenters. The van der Waals surface area contributed by atoms with Crippen molar-refractivity contribution in [3.05, 3.63) is 29.8 Å². The fourth-order valence-corrected chi connectivity index (χ4v) is 5.18. The average Bonchev–Trinajstić information content (AvgIpc) is 3.35. The molecule has 0 N–H and O–H groups in total. The molecule has 2 heterocycles. The summed E-state index contributed by atoms with van der Waals surface area (Å²) in [6.07, 6.45) is 15.3. The number of carbonyl (C=O) groups is 2. The molecular formula is C27H42N4O3S. The van der Waals surface area contributed by atoms with Crippen LogP contribution < -0.4 is 0 Å². The van der Waals surface area contributed by atoms with Crippen LogP contribution in [0.5, 0.6) is 0 Å². The Labute approximate surface area is 214 Å². The van der Waals surface area contributed by atoms with Crippen LogP contribution in [0.3, 0.4) is 0 Å². The molecule has 0 radical (unpaired) electrons. The predicted molar refractivity (Wildman–Crippen MR) is 142 cm³/mol. The second-order valence-electron chi connectivity index (χ2n) is 9.65. The van der Waals surface area contributed by atoms with Crippen molar-refractivity contribution in [3.8, 4) is 11.5 Å². The predicted octanol–water partition coefficient (Wildman–Crippen LogP) is 6.43. The summed E-state index contributed by atoms with van der Waals surface area (Å²) in [5.41, 5.74) is 1.83. The molecule has 1 fully saturated rings. The topological polar surface area (TPSA) is 89.2 Å². The lowest BCUT2D eigenvalue weighted by Gasteiger charge is -2.22. The van der Waals surface area contributed by atoms with Gasteiger partial charge >= 0.3 is 0 Å². The molecule has 0 aliphatic heterocycles. The minimum absolute atomic E-state index is 0.00118. The third kappa shape index (κ3) is 11.4. The molecule has 1 saturated carbocycles. The van der Waals surface area contributed by atoms with Gasteiger partial charge in [0.25, 0.3) is 0 Å². The molecule has 0 saturated heterocycles. The lowest BCUT2D eigenvalue weighted by atomic mass is 9.84. The first-order valence-electron chi connectivity index (χ1n) is 13.0. The van der Waals surface area contributed by atoms with Crippen molar-refractivity contribution in [3.63, 3.8) is 0 Å². The highest BCUT2D eigenvalue weighted by atomic mass is 32.2. The Kier molecular flexibility index (Phi) is 13.6. The quantitative estimate of drug-likeness (QED) is 0.244. The second kappa shape index (κ2) is 16.5. The first kappa shape index (κ1) is 29.0. The van der Waals surface area contributed by atoms with Gasteiger partial charge in [0.15, 0.2) is 5.12 Å². The second-order valence-corrected chi connectivity index (χ2v) is 10.8. The van der Waals surface area contributed by atoms with Crippen LogP contribution in [0.25, 0.3) is 11.5 Å². The van der Waals surface area contributed by atoms with E-state index in [4.69, 9.17) is 4.52 Å². The maximum atomic E-state index is 12.5. The molecule has 3 rings (SSSR count). The van der Waals surface area contributed by atoms with Gasteiger partial charge in [0.1, 0.15) is 5.69 Å². The lowest BCUT2D eigenvalue weighted by Crippen LogP contribution is -2.09. The van der Waals surface area contributed by atoms with E-state index in [0.29, 0.717) is 18.1 Å². The van der Waals surface area contributed by atoms with Gasteiger partial charge in [-0.1, -0.05) is 75.2 Å². The zero-order valence-electron chi connectivity index (χ0n) is 21.9. The van der Waals surface area contributed by atoms with Crippen molar-refractivity contribution in [2.45, 2.75) is 90.4 Å². The Morgan fingerprint density at radius 2 is 2.00 bits per heavy atom. The molecule has 1 atom stereocenters. The number of aryl methyl sites for hydroxylation is 1. The van der Waals surface area contributed by atoms with E-state index in [2.05, 4.69) is 22.0 Å². The van der Waals surface area contributed by atoms with E-state index in [1.165, 1.54) is 55.2 Å². The highest BCUT2D eigenvalue weighted by molar-refractivity contribution is 8.13. The minimum atomic E-state index is 0.00118. The number of amides is 1. The van der Waals surface area contributed by atoms with Gasteiger partial charge in [-0.25, -0.2) is 0 Å².